The number of rotatable bonds is 10. The summed E-state index contributed by atoms with van der Waals surface area (Å²) in [6, 6.07) is 5.76. The van der Waals surface area contributed by atoms with E-state index in [0.717, 1.165) is 12.8 Å². The van der Waals surface area contributed by atoms with Crippen LogP contribution in [0.25, 0.3) is 0 Å². The summed E-state index contributed by atoms with van der Waals surface area (Å²) in [6.07, 6.45) is 1.70. The molecule has 10 heteroatoms. The van der Waals surface area contributed by atoms with E-state index >= 15 is 0 Å². The van der Waals surface area contributed by atoms with Crippen LogP contribution in [0.15, 0.2) is 29.2 Å². The molecule has 9 nitrogen and oxygen atoms in total. The number of ether oxygens (including phenoxy) is 2. The first-order valence-electron chi connectivity index (χ1n) is 11.3. The number of hydrogen-bond donors (Lipinski definition) is 1. The van der Waals surface area contributed by atoms with Gasteiger partial charge in [-0.1, -0.05) is 13.8 Å². The molecule has 0 spiro atoms. The molecule has 0 aliphatic carbocycles. The van der Waals surface area contributed by atoms with Crippen molar-refractivity contribution in [1.82, 2.24) is 9.78 Å². The lowest BCUT2D eigenvalue weighted by molar-refractivity contribution is 0.0490. The molecular formula is C23H33N3O6S. The average molecular weight is 480 g/mol. The minimum Gasteiger partial charge on any atom is -0.492 e. The van der Waals surface area contributed by atoms with Crippen LogP contribution in [-0.4, -0.2) is 55.6 Å². The third-order valence-electron chi connectivity index (χ3n) is 5.55. The van der Waals surface area contributed by atoms with E-state index < -0.39 is 16.0 Å². The maximum atomic E-state index is 13.7. The molecule has 2 aromatic rings. The van der Waals surface area contributed by atoms with Gasteiger partial charge in [0, 0.05) is 32.4 Å². The summed E-state index contributed by atoms with van der Waals surface area (Å²) in [5, 5.41) is 14.1. The molecule has 0 bridgehead atoms. The van der Waals surface area contributed by atoms with Crippen molar-refractivity contribution < 1.29 is 27.8 Å². The van der Waals surface area contributed by atoms with Gasteiger partial charge in [-0.05, 0) is 56.7 Å². The topological polar surface area (TPSA) is 111 Å². The van der Waals surface area contributed by atoms with Crippen molar-refractivity contribution in [1.29, 1.82) is 0 Å². The van der Waals surface area contributed by atoms with Gasteiger partial charge in [0.25, 0.3) is 10.0 Å². The van der Waals surface area contributed by atoms with Crippen molar-refractivity contribution >= 4 is 21.8 Å². The number of aryl methyl sites for hydroxylation is 2. The molecule has 1 fully saturated rings. The van der Waals surface area contributed by atoms with Gasteiger partial charge in [-0.3, -0.25) is 0 Å². The smallest absolute Gasteiger partial charge is 0.339 e. The molecule has 0 amide bonds. The van der Waals surface area contributed by atoms with Crippen LogP contribution in [0.1, 0.15) is 49.7 Å². The highest BCUT2D eigenvalue weighted by Crippen LogP contribution is 2.30. The first-order valence-corrected chi connectivity index (χ1v) is 12.7. The van der Waals surface area contributed by atoms with E-state index in [4.69, 9.17) is 9.47 Å². The number of aromatic nitrogens is 2. The van der Waals surface area contributed by atoms with Crippen LogP contribution in [0, 0.1) is 18.8 Å². The molecule has 33 heavy (non-hydrogen) atoms. The van der Waals surface area contributed by atoms with E-state index in [9.17, 15) is 18.3 Å². The van der Waals surface area contributed by atoms with Crippen LogP contribution in [0.5, 0.6) is 5.75 Å². The Hall–Kier alpha value is -2.59. The maximum absolute atomic E-state index is 13.7. The molecule has 1 aliphatic heterocycles. The number of carboxylic acids is 1. The van der Waals surface area contributed by atoms with Crippen molar-refractivity contribution in [2.24, 2.45) is 11.8 Å². The quantitative estimate of drug-likeness (QED) is 0.554. The fourth-order valence-corrected chi connectivity index (χ4v) is 5.47. The molecule has 0 saturated carbocycles. The second-order valence-electron chi connectivity index (χ2n) is 8.72. The van der Waals surface area contributed by atoms with Gasteiger partial charge in [0.2, 0.25) is 0 Å². The van der Waals surface area contributed by atoms with E-state index in [0.29, 0.717) is 37.9 Å². The summed E-state index contributed by atoms with van der Waals surface area (Å²) in [5.74, 6) is -0.290. The van der Waals surface area contributed by atoms with Gasteiger partial charge in [-0.25, -0.2) is 22.2 Å². The number of sulfonamides is 1. The van der Waals surface area contributed by atoms with E-state index in [2.05, 4.69) is 5.10 Å². The van der Waals surface area contributed by atoms with E-state index in [-0.39, 0.29) is 34.6 Å². The Morgan fingerprint density at radius 2 is 2.00 bits per heavy atom. The predicted octanol–water partition coefficient (Wildman–Crippen LogP) is 3.57. The zero-order valence-electron chi connectivity index (χ0n) is 19.7. The third-order valence-corrected chi connectivity index (χ3v) is 7.32. The summed E-state index contributed by atoms with van der Waals surface area (Å²) in [6.45, 7) is 9.99. The van der Waals surface area contributed by atoms with E-state index in [1.807, 2.05) is 27.7 Å². The van der Waals surface area contributed by atoms with Crippen molar-refractivity contribution in [3.05, 3.63) is 35.5 Å². The Balaban J connectivity index is 1.95. The Morgan fingerprint density at radius 3 is 2.61 bits per heavy atom. The number of aromatic carboxylic acids is 1. The highest BCUT2D eigenvalue weighted by Gasteiger charge is 2.30. The number of carbonyl (C=O) groups is 1. The lowest BCUT2D eigenvalue weighted by Gasteiger charge is -2.27. The molecule has 3 rings (SSSR count). The van der Waals surface area contributed by atoms with Crippen LogP contribution in [-0.2, 0) is 21.3 Å². The van der Waals surface area contributed by atoms with Gasteiger partial charge in [-0.2, -0.15) is 5.10 Å². The van der Waals surface area contributed by atoms with Gasteiger partial charge in [0.05, 0.1) is 17.2 Å². The molecule has 0 atom stereocenters. The Bertz CT molecular complexity index is 1070. The largest absolute Gasteiger partial charge is 0.492 e. The van der Waals surface area contributed by atoms with E-state index in [1.54, 1.807) is 10.7 Å². The molecule has 0 radical (unpaired) electrons. The van der Waals surface area contributed by atoms with Crippen LogP contribution < -0.4 is 9.04 Å². The fraction of sp³-hybridized carbons (Fsp3) is 0.565. The fourth-order valence-electron chi connectivity index (χ4n) is 3.82. The van der Waals surface area contributed by atoms with Crippen molar-refractivity contribution in [3.8, 4) is 5.75 Å². The summed E-state index contributed by atoms with van der Waals surface area (Å²) >= 11 is 0. The Labute approximate surface area is 195 Å². The van der Waals surface area contributed by atoms with Gasteiger partial charge < -0.3 is 14.6 Å². The second-order valence-corrected chi connectivity index (χ2v) is 10.6. The number of hydrogen-bond acceptors (Lipinski definition) is 6. The standard InChI is InChI=1S/C23H33N3O6S/c1-5-25-22(12-17(4)24-25)26(14-16(2)3)33(29,30)19-6-7-21(20(13-19)23(27)28)32-15-18-8-10-31-11-9-18/h6-7,12-13,16,18H,5,8-11,14-15H2,1-4H3,(H,27,28). The van der Waals surface area contributed by atoms with Crippen LogP contribution in [0.4, 0.5) is 5.82 Å². The third kappa shape index (κ3) is 5.86. The lowest BCUT2D eigenvalue weighted by Crippen LogP contribution is -2.36. The number of anilines is 1. The number of carboxylic acid groups (broad SMARTS) is 1. The summed E-state index contributed by atoms with van der Waals surface area (Å²) in [4.78, 5) is 11.9. The summed E-state index contributed by atoms with van der Waals surface area (Å²) < 4.78 is 41.4. The zero-order chi connectivity index (χ0) is 24.2. The van der Waals surface area contributed by atoms with Crippen LogP contribution >= 0.6 is 0 Å². The van der Waals surface area contributed by atoms with E-state index in [1.165, 1.54) is 22.5 Å². The maximum Gasteiger partial charge on any atom is 0.339 e. The highest BCUT2D eigenvalue weighted by atomic mass is 32.2. The molecule has 2 heterocycles. The average Bonchev–Trinajstić information content (AvgIpc) is 3.16. The lowest BCUT2D eigenvalue weighted by atomic mass is 10.0. The number of nitrogens with zero attached hydrogens (tertiary/aromatic N) is 3. The highest BCUT2D eigenvalue weighted by molar-refractivity contribution is 7.92. The number of benzene rings is 1. The SMILES string of the molecule is CCn1nc(C)cc1N(CC(C)C)S(=O)(=O)c1ccc(OCC2CCOCC2)c(C(=O)O)c1. The predicted molar refractivity (Wildman–Crippen MR) is 124 cm³/mol. The van der Waals surface area contributed by atoms with Crippen molar-refractivity contribution in [3.63, 3.8) is 0 Å². The Kier molecular flexibility index (Phi) is 8.01. The van der Waals surface area contributed by atoms with Gasteiger partial charge >= 0.3 is 5.97 Å². The minimum absolute atomic E-state index is 0.0429. The summed E-state index contributed by atoms with van der Waals surface area (Å²) in [7, 11) is -4.04. The first kappa shape index (κ1) is 25.0. The van der Waals surface area contributed by atoms with Crippen LogP contribution in [0.2, 0.25) is 0 Å². The Morgan fingerprint density at radius 1 is 1.30 bits per heavy atom. The zero-order valence-corrected chi connectivity index (χ0v) is 20.5. The molecule has 1 aromatic heterocycles. The molecular weight excluding hydrogens is 446 g/mol. The van der Waals surface area contributed by atoms with Crippen molar-refractivity contribution in [2.75, 3.05) is 30.7 Å². The molecule has 1 N–H and O–H groups in total. The van der Waals surface area contributed by atoms with Gasteiger partial charge in [0.1, 0.15) is 17.1 Å². The first-order chi connectivity index (χ1) is 15.6. The molecule has 0 unspecified atom stereocenters. The van der Waals surface area contributed by atoms with Gasteiger partial charge in [0.15, 0.2) is 0 Å². The van der Waals surface area contributed by atoms with Crippen molar-refractivity contribution in [2.45, 2.75) is 52.0 Å². The second kappa shape index (κ2) is 10.6. The molecule has 1 aromatic carbocycles. The molecule has 182 valence electrons. The van der Waals surface area contributed by atoms with Gasteiger partial charge in [-0.15, -0.1) is 0 Å². The minimum atomic E-state index is -4.04. The normalized spacial score (nSPS) is 15.1. The molecule has 1 aliphatic rings. The monoisotopic (exact) mass is 479 g/mol. The summed E-state index contributed by atoms with van der Waals surface area (Å²) in [5.41, 5.74) is 0.534. The molecule has 1 saturated heterocycles. The van der Waals surface area contributed by atoms with Crippen LogP contribution in [0.3, 0.4) is 0 Å².